The molecular weight excluding hydrogens is 436 g/mol. The number of carbonyl (C=O) groups is 4. The summed E-state index contributed by atoms with van der Waals surface area (Å²) in [5.74, 6) is -1.99. The van der Waals surface area contributed by atoms with Crippen LogP contribution in [0.25, 0.3) is 0 Å². The maximum Gasteiger partial charge on any atom is 0.356 e. The van der Waals surface area contributed by atoms with Crippen molar-refractivity contribution in [2.24, 2.45) is 0 Å². The van der Waals surface area contributed by atoms with Gasteiger partial charge in [-0.2, -0.15) is 0 Å². The minimum atomic E-state index is -0.769. The van der Waals surface area contributed by atoms with Crippen molar-refractivity contribution in [1.29, 1.82) is 0 Å². The zero-order valence-corrected chi connectivity index (χ0v) is 19.2. The number of rotatable bonds is 15. The molecule has 1 aromatic rings. The van der Waals surface area contributed by atoms with Gasteiger partial charge in [-0.3, -0.25) is 14.6 Å². The second-order valence-corrected chi connectivity index (χ2v) is 6.94. The van der Waals surface area contributed by atoms with Crippen molar-refractivity contribution in [1.82, 2.24) is 0 Å². The average Bonchev–Trinajstić information content (AvgIpc) is 2.81. The van der Waals surface area contributed by atoms with Crippen LogP contribution in [0.5, 0.6) is 11.5 Å². The van der Waals surface area contributed by atoms with Crippen LogP contribution >= 0.6 is 0 Å². The van der Waals surface area contributed by atoms with E-state index in [0.717, 1.165) is 12.8 Å². The molecule has 0 aliphatic carbocycles. The summed E-state index contributed by atoms with van der Waals surface area (Å²) in [6.07, 6.45) is 2.59. The monoisotopic (exact) mass is 466 g/mol. The van der Waals surface area contributed by atoms with Crippen molar-refractivity contribution >= 4 is 23.9 Å². The molecular formula is C23H30O10. The van der Waals surface area contributed by atoms with Crippen molar-refractivity contribution in [2.75, 3.05) is 27.4 Å². The van der Waals surface area contributed by atoms with Crippen LogP contribution in [-0.2, 0) is 33.5 Å². The van der Waals surface area contributed by atoms with Crippen LogP contribution in [0.15, 0.2) is 30.4 Å². The van der Waals surface area contributed by atoms with E-state index in [1.54, 1.807) is 6.92 Å². The summed E-state index contributed by atoms with van der Waals surface area (Å²) < 4.78 is 19.9. The molecule has 182 valence electrons. The molecule has 0 aliphatic rings. The van der Waals surface area contributed by atoms with Crippen molar-refractivity contribution in [3.8, 4) is 11.5 Å². The summed E-state index contributed by atoms with van der Waals surface area (Å²) in [6.45, 7) is 5.62. The van der Waals surface area contributed by atoms with E-state index < -0.39 is 23.9 Å². The summed E-state index contributed by atoms with van der Waals surface area (Å²) in [6, 6.07) is 4.25. The van der Waals surface area contributed by atoms with E-state index in [0.29, 0.717) is 25.0 Å². The highest BCUT2D eigenvalue weighted by Gasteiger charge is 2.17. The lowest BCUT2D eigenvalue weighted by molar-refractivity contribution is -0.214. The molecule has 10 heteroatoms. The molecule has 0 amide bonds. The molecule has 0 saturated carbocycles. The van der Waals surface area contributed by atoms with Crippen molar-refractivity contribution in [3.63, 3.8) is 0 Å². The standard InChI is InChI=1S/C23H30O10/c1-16(2)22(26)30-13-7-5-6-8-14-31-23(27)18-15-17(9-10-19(18)28-3)32-33-21(25)12-11-20(24)29-4/h9-10,15H,1,5-8,11-14H2,2-4H3. The number of benzene rings is 1. The van der Waals surface area contributed by atoms with Gasteiger partial charge in [0.15, 0.2) is 5.75 Å². The molecule has 0 unspecified atom stereocenters. The molecule has 0 fully saturated rings. The maximum absolute atomic E-state index is 12.4. The van der Waals surface area contributed by atoms with Gasteiger partial charge in [-0.1, -0.05) is 6.58 Å². The van der Waals surface area contributed by atoms with Gasteiger partial charge in [0.1, 0.15) is 11.3 Å². The molecule has 0 bridgehead atoms. The third kappa shape index (κ3) is 11.0. The van der Waals surface area contributed by atoms with Gasteiger partial charge in [0.25, 0.3) is 0 Å². The molecule has 1 rings (SSSR count). The Kier molecular flexibility index (Phi) is 12.7. The maximum atomic E-state index is 12.4. The van der Waals surface area contributed by atoms with Crippen LogP contribution in [0.4, 0.5) is 0 Å². The largest absolute Gasteiger partial charge is 0.496 e. The smallest absolute Gasteiger partial charge is 0.356 e. The van der Waals surface area contributed by atoms with E-state index in [9.17, 15) is 19.2 Å². The van der Waals surface area contributed by atoms with Crippen LogP contribution in [0.1, 0.15) is 55.8 Å². The third-order valence-corrected chi connectivity index (χ3v) is 4.24. The minimum absolute atomic E-state index is 0.0819. The van der Waals surface area contributed by atoms with Crippen LogP contribution in [-0.4, -0.2) is 51.3 Å². The number of hydrogen-bond donors (Lipinski definition) is 0. The van der Waals surface area contributed by atoms with Crippen LogP contribution in [0, 0.1) is 0 Å². The Morgan fingerprint density at radius 3 is 2.12 bits per heavy atom. The van der Waals surface area contributed by atoms with E-state index in [4.69, 9.17) is 19.1 Å². The van der Waals surface area contributed by atoms with Crippen LogP contribution in [0.3, 0.4) is 0 Å². The molecule has 0 spiro atoms. The fourth-order valence-corrected chi connectivity index (χ4v) is 2.43. The Bertz CT molecular complexity index is 831. The van der Waals surface area contributed by atoms with E-state index in [-0.39, 0.29) is 36.5 Å². The molecule has 33 heavy (non-hydrogen) atoms. The highest BCUT2D eigenvalue weighted by atomic mass is 17.2. The van der Waals surface area contributed by atoms with E-state index >= 15 is 0 Å². The molecule has 0 N–H and O–H groups in total. The highest BCUT2D eigenvalue weighted by molar-refractivity contribution is 5.93. The lowest BCUT2D eigenvalue weighted by Gasteiger charge is -2.11. The summed E-state index contributed by atoms with van der Waals surface area (Å²) >= 11 is 0. The molecule has 0 aliphatic heterocycles. The lowest BCUT2D eigenvalue weighted by Crippen LogP contribution is -2.12. The number of hydrogen-bond acceptors (Lipinski definition) is 10. The number of methoxy groups -OCH3 is 2. The fourth-order valence-electron chi connectivity index (χ4n) is 2.43. The summed E-state index contributed by atoms with van der Waals surface area (Å²) in [5.41, 5.74) is 0.468. The first-order valence-electron chi connectivity index (χ1n) is 10.4. The van der Waals surface area contributed by atoms with Crippen LogP contribution < -0.4 is 9.62 Å². The normalized spacial score (nSPS) is 10.0. The van der Waals surface area contributed by atoms with Gasteiger partial charge in [0.05, 0.1) is 40.3 Å². The SMILES string of the molecule is C=C(C)C(=O)OCCCCCCOC(=O)c1cc(OOC(=O)CCC(=O)OC)ccc1OC. The first-order chi connectivity index (χ1) is 15.8. The summed E-state index contributed by atoms with van der Waals surface area (Å²) in [5, 5.41) is 0. The van der Waals surface area contributed by atoms with Gasteiger partial charge in [-0.25, -0.2) is 14.4 Å². The van der Waals surface area contributed by atoms with Gasteiger partial charge in [0, 0.05) is 11.6 Å². The van der Waals surface area contributed by atoms with Gasteiger partial charge < -0.3 is 18.9 Å². The van der Waals surface area contributed by atoms with Gasteiger partial charge >= 0.3 is 23.9 Å². The van der Waals surface area contributed by atoms with E-state index in [1.165, 1.54) is 32.4 Å². The first-order valence-corrected chi connectivity index (χ1v) is 10.4. The Morgan fingerprint density at radius 1 is 0.879 bits per heavy atom. The fraction of sp³-hybridized carbons (Fsp3) is 0.478. The zero-order chi connectivity index (χ0) is 24.6. The number of esters is 3. The second-order valence-electron chi connectivity index (χ2n) is 6.94. The van der Waals surface area contributed by atoms with Crippen molar-refractivity contribution in [2.45, 2.75) is 45.4 Å². The molecule has 0 saturated heterocycles. The molecule has 0 radical (unpaired) electrons. The Hall–Kier alpha value is -3.56. The molecule has 10 nitrogen and oxygen atoms in total. The van der Waals surface area contributed by atoms with E-state index in [1.807, 2.05) is 0 Å². The second kappa shape index (κ2) is 15.3. The molecule has 0 heterocycles. The van der Waals surface area contributed by atoms with Gasteiger partial charge in [-0.15, -0.1) is 0 Å². The summed E-state index contributed by atoms with van der Waals surface area (Å²) in [4.78, 5) is 55.9. The predicted molar refractivity (Wildman–Crippen MR) is 115 cm³/mol. The molecule has 0 atom stereocenters. The quantitative estimate of drug-likeness (QED) is 0.0949. The Balaban J connectivity index is 2.42. The number of ether oxygens (including phenoxy) is 4. The zero-order valence-electron chi connectivity index (χ0n) is 19.2. The average molecular weight is 466 g/mol. The topological polar surface area (TPSA) is 124 Å². The molecule has 0 aromatic heterocycles. The van der Waals surface area contributed by atoms with Crippen LogP contribution in [0.2, 0.25) is 0 Å². The Labute approximate surface area is 192 Å². The van der Waals surface area contributed by atoms with Crippen molar-refractivity contribution in [3.05, 3.63) is 35.9 Å². The third-order valence-electron chi connectivity index (χ3n) is 4.24. The van der Waals surface area contributed by atoms with Gasteiger partial charge in [0.2, 0.25) is 0 Å². The number of unbranched alkanes of at least 4 members (excludes halogenated alkanes) is 3. The lowest BCUT2D eigenvalue weighted by atomic mass is 10.2. The van der Waals surface area contributed by atoms with Gasteiger partial charge in [-0.05, 0) is 44.7 Å². The minimum Gasteiger partial charge on any atom is -0.496 e. The summed E-state index contributed by atoms with van der Waals surface area (Å²) in [7, 11) is 2.62. The predicted octanol–water partition coefficient (Wildman–Crippen LogP) is 3.32. The highest BCUT2D eigenvalue weighted by Crippen LogP contribution is 2.25. The number of carbonyl (C=O) groups excluding carboxylic acids is 4. The van der Waals surface area contributed by atoms with E-state index in [2.05, 4.69) is 16.2 Å². The first kappa shape index (κ1) is 27.5. The molecule has 1 aromatic carbocycles. The Morgan fingerprint density at radius 2 is 1.52 bits per heavy atom. The van der Waals surface area contributed by atoms with Crippen molar-refractivity contribution < 1.29 is 47.9 Å².